The Hall–Kier alpha value is -6.48. The van der Waals surface area contributed by atoms with Gasteiger partial charge in [0.25, 0.3) is 0 Å². The zero-order valence-electron chi connectivity index (χ0n) is 31.5. The highest BCUT2D eigenvalue weighted by molar-refractivity contribution is 8.00. The SMILES string of the molecule is O=C1c2ccccc2SC2C=CC(c3cccc(-c4cccc(-c5cc(-c6cccc(-c7ccccc7)c6)cc(-c6cccc(C7C=CC=CC7)c6)c5)c4)c3)=CC12. The van der Waals surface area contributed by atoms with Gasteiger partial charge in [-0.05, 0) is 121 Å². The number of carbonyl (C=O) groups is 1. The minimum Gasteiger partial charge on any atom is -0.293 e. The Bertz CT molecular complexity index is 2780. The third-order valence-electron chi connectivity index (χ3n) is 11.5. The summed E-state index contributed by atoms with van der Waals surface area (Å²) >= 11 is 1.79. The van der Waals surface area contributed by atoms with Crippen LogP contribution in [0.15, 0.2) is 217 Å². The van der Waals surface area contributed by atoms with E-state index in [-0.39, 0.29) is 17.0 Å². The van der Waals surface area contributed by atoms with Gasteiger partial charge in [-0.2, -0.15) is 0 Å². The van der Waals surface area contributed by atoms with E-state index in [2.05, 4.69) is 194 Å². The maximum atomic E-state index is 13.6. The number of thioether (sulfide) groups is 1. The molecule has 3 atom stereocenters. The lowest BCUT2D eigenvalue weighted by atomic mass is 9.85. The third-order valence-corrected chi connectivity index (χ3v) is 12.8. The lowest BCUT2D eigenvalue weighted by molar-refractivity contribution is 0.0942. The van der Waals surface area contributed by atoms with Crippen LogP contribution in [0.4, 0.5) is 0 Å². The highest BCUT2D eigenvalue weighted by Crippen LogP contribution is 2.44. The van der Waals surface area contributed by atoms with E-state index in [1.54, 1.807) is 11.8 Å². The zero-order valence-corrected chi connectivity index (χ0v) is 32.3. The molecular weight excluding hydrogens is 709 g/mol. The molecule has 0 spiro atoms. The van der Waals surface area contributed by atoms with Gasteiger partial charge in [0.2, 0.25) is 0 Å². The second-order valence-electron chi connectivity index (χ2n) is 15.1. The average Bonchev–Trinajstić information content (AvgIpc) is 3.29. The number of carbonyl (C=O) groups excluding carboxylic acids is 1. The van der Waals surface area contributed by atoms with Crippen LogP contribution in [0.5, 0.6) is 0 Å². The number of ketones is 1. The lowest BCUT2D eigenvalue weighted by Crippen LogP contribution is -2.29. The van der Waals surface area contributed by atoms with Gasteiger partial charge in [-0.25, -0.2) is 0 Å². The van der Waals surface area contributed by atoms with Gasteiger partial charge in [0, 0.05) is 21.6 Å². The Morgan fingerprint density at radius 1 is 0.456 bits per heavy atom. The number of Topliss-reactive ketones (excluding diaryl/α,β-unsaturated/α-hetero) is 1. The summed E-state index contributed by atoms with van der Waals surface area (Å²) in [4.78, 5) is 14.7. The summed E-state index contributed by atoms with van der Waals surface area (Å²) in [6.07, 6.45) is 16.5. The summed E-state index contributed by atoms with van der Waals surface area (Å²) in [6.45, 7) is 0. The predicted octanol–water partition coefficient (Wildman–Crippen LogP) is 14.5. The fourth-order valence-corrected chi connectivity index (χ4v) is 9.71. The van der Waals surface area contributed by atoms with Crippen LogP contribution in [0.25, 0.3) is 61.2 Å². The first-order valence-electron chi connectivity index (χ1n) is 19.8. The molecule has 0 fully saturated rings. The molecule has 1 nitrogen and oxygen atoms in total. The molecular formula is C55H40OS. The first-order valence-corrected chi connectivity index (χ1v) is 20.7. The van der Waals surface area contributed by atoms with Crippen LogP contribution in [0, 0.1) is 5.92 Å². The number of hydrogen-bond acceptors (Lipinski definition) is 2. The van der Waals surface area contributed by atoms with Gasteiger partial charge in [0.1, 0.15) is 0 Å². The fraction of sp³-hybridized carbons (Fsp3) is 0.0727. The molecule has 3 aliphatic rings. The second-order valence-corrected chi connectivity index (χ2v) is 16.4. The van der Waals surface area contributed by atoms with E-state index in [0.717, 1.165) is 39.1 Å². The molecule has 0 saturated carbocycles. The van der Waals surface area contributed by atoms with Crippen molar-refractivity contribution in [1.82, 2.24) is 0 Å². The van der Waals surface area contributed by atoms with E-state index in [0.29, 0.717) is 5.92 Å². The second kappa shape index (κ2) is 15.2. The quantitative estimate of drug-likeness (QED) is 0.161. The molecule has 272 valence electrons. The summed E-state index contributed by atoms with van der Waals surface area (Å²) in [5.74, 6) is 0.430. The largest absolute Gasteiger partial charge is 0.293 e. The Balaban J connectivity index is 1.02. The van der Waals surface area contributed by atoms with Crippen LogP contribution in [0.1, 0.15) is 33.8 Å². The smallest absolute Gasteiger partial charge is 0.172 e. The van der Waals surface area contributed by atoms with Crippen molar-refractivity contribution < 1.29 is 4.79 Å². The Labute approximate surface area is 339 Å². The van der Waals surface area contributed by atoms with Crippen molar-refractivity contribution in [3.05, 3.63) is 229 Å². The normalized spacial score (nSPS) is 18.1. The molecule has 1 aliphatic heterocycles. The summed E-state index contributed by atoms with van der Waals surface area (Å²) in [6, 6.07) is 61.3. The van der Waals surface area contributed by atoms with E-state index in [9.17, 15) is 4.79 Å². The number of rotatable bonds is 7. The van der Waals surface area contributed by atoms with E-state index in [1.165, 1.54) is 50.1 Å². The molecule has 1 heterocycles. The first kappa shape index (κ1) is 35.0. The van der Waals surface area contributed by atoms with E-state index in [1.807, 2.05) is 18.2 Å². The fourth-order valence-electron chi connectivity index (χ4n) is 8.46. The minimum absolute atomic E-state index is 0.126. The molecule has 0 saturated heterocycles. The molecule has 7 aromatic rings. The van der Waals surface area contributed by atoms with Gasteiger partial charge >= 0.3 is 0 Å². The lowest BCUT2D eigenvalue weighted by Gasteiger charge is -2.30. The minimum atomic E-state index is -0.164. The topological polar surface area (TPSA) is 17.1 Å². The maximum absolute atomic E-state index is 13.6. The van der Waals surface area contributed by atoms with Gasteiger partial charge in [-0.1, -0.05) is 170 Å². The first-order chi connectivity index (χ1) is 28.1. The molecule has 0 aromatic heterocycles. The average molecular weight is 749 g/mol. The number of benzene rings is 7. The molecule has 7 aromatic carbocycles. The van der Waals surface area contributed by atoms with Crippen molar-refractivity contribution in [1.29, 1.82) is 0 Å². The monoisotopic (exact) mass is 748 g/mol. The third kappa shape index (κ3) is 7.10. The molecule has 10 rings (SSSR count). The van der Waals surface area contributed by atoms with Crippen molar-refractivity contribution >= 4 is 23.1 Å². The van der Waals surface area contributed by atoms with Crippen LogP contribution in [-0.4, -0.2) is 11.0 Å². The van der Waals surface area contributed by atoms with Crippen LogP contribution >= 0.6 is 11.8 Å². The molecule has 2 aliphatic carbocycles. The van der Waals surface area contributed by atoms with Gasteiger partial charge in [0.15, 0.2) is 5.78 Å². The summed E-state index contributed by atoms with van der Waals surface area (Å²) in [5, 5.41) is 0.126. The summed E-state index contributed by atoms with van der Waals surface area (Å²) in [7, 11) is 0. The number of fused-ring (bicyclic) bond motifs is 2. The Morgan fingerprint density at radius 2 is 0.982 bits per heavy atom. The Morgan fingerprint density at radius 3 is 1.65 bits per heavy atom. The molecule has 0 bridgehead atoms. The van der Waals surface area contributed by atoms with Crippen LogP contribution in [0.2, 0.25) is 0 Å². The van der Waals surface area contributed by atoms with E-state index in [4.69, 9.17) is 0 Å². The predicted molar refractivity (Wildman–Crippen MR) is 240 cm³/mol. The zero-order chi connectivity index (χ0) is 38.1. The van der Waals surface area contributed by atoms with E-state index >= 15 is 0 Å². The van der Waals surface area contributed by atoms with Crippen molar-refractivity contribution in [2.45, 2.75) is 22.5 Å². The highest BCUT2D eigenvalue weighted by Gasteiger charge is 2.35. The Kier molecular flexibility index (Phi) is 9.34. The van der Waals surface area contributed by atoms with Gasteiger partial charge in [-0.15, -0.1) is 11.8 Å². The van der Waals surface area contributed by atoms with Gasteiger partial charge in [0.05, 0.1) is 5.92 Å². The van der Waals surface area contributed by atoms with Crippen molar-refractivity contribution in [2.75, 3.05) is 0 Å². The van der Waals surface area contributed by atoms with Crippen LogP contribution in [0.3, 0.4) is 0 Å². The maximum Gasteiger partial charge on any atom is 0.172 e. The molecule has 2 heteroatoms. The van der Waals surface area contributed by atoms with Crippen molar-refractivity contribution in [3.63, 3.8) is 0 Å². The number of hydrogen-bond donors (Lipinski definition) is 0. The van der Waals surface area contributed by atoms with Gasteiger partial charge in [-0.3, -0.25) is 4.79 Å². The standard InChI is InChI=1S/C55H40OS/c56-55-51-25-7-8-26-53(51)57-54-28-27-47(36-52(54)55)43-21-11-19-41(31-43)42-20-12-24-46(32-42)50-34-48(44-22-9-17-39(29-44)37-13-3-1-4-14-37)33-49(35-50)45-23-10-18-40(30-45)38-15-5-2-6-16-38/h1-15,17-36,38,52,54H,16H2. The van der Waals surface area contributed by atoms with Crippen molar-refractivity contribution in [2.24, 2.45) is 5.92 Å². The summed E-state index contributed by atoms with van der Waals surface area (Å²) in [5.41, 5.74) is 16.2. The highest BCUT2D eigenvalue weighted by atomic mass is 32.2. The molecule has 0 radical (unpaired) electrons. The van der Waals surface area contributed by atoms with Crippen molar-refractivity contribution in [3.8, 4) is 55.6 Å². The molecule has 0 amide bonds. The van der Waals surface area contributed by atoms with Crippen LogP contribution in [-0.2, 0) is 0 Å². The van der Waals surface area contributed by atoms with Gasteiger partial charge < -0.3 is 0 Å². The summed E-state index contributed by atoms with van der Waals surface area (Å²) < 4.78 is 0. The molecule has 3 unspecified atom stereocenters. The molecule has 0 N–H and O–H groups in total. The van der Waals surface area contributed by atoms with E-state index < -0.39 is 0 Å². The van der Waals surface area contributed by atoms with Crippen LogP contribution < -0.4 is 0 Å². The molecule has 57 heavy (non-hydrogen) atoms. The number of allylic oxidation sites excluding steroid dienone is 7.